The average Bonchev–Trinajstić information content (AvgIpc) is 2.33. The summed E-state index contributed by atoms with van der Waals surface area (Å²) in [5.74, 6) is -1.31. The van der Waals surface area contributed by atoms with Gasteiger partial charge in [-0.25, -0.2) is 8.78 Å². The number of rotatable bonds is 3. The molecular weight excluding hydrogens is 236 g/mol. The number of hydrogen-bond donors (Lipinski definition) is 1. The van der Waals surface area contributed by atoms with Gasteiger partial charge in [-0.2, -0.15) is 0 Å². The zero-order valence-electron chi connectivity index (χ0n) is 9.91. The second-order valence-electron chi connectivity index (χ2n) is 4.04. The fraction of sp³-hybridized carbons (Fsp3) is 0.143. The van der Waals surface area contributed by atoms with E-state index in [2.05, 4.69) is 0 Å². The van der Waals surface area contributed by atoms with Gasteiger partial charge < -0.3 is 10.5 Å². The lowest BCUT2D eigenvalue weighted by Crippen LogP contribution is -2.02. The molecule has 0 saturated heterocycles. The van der Waals surface area contributed by atoms with Crippen LogP contribution in [0.4, 0.5) is 14.5 Å². The number of halogens is 2. The molecule has 2 aromatic rings. The normalized spacial score (nSPS) is 10.4. The molecule has 0 unspecified atom stereocenters. The smallest absolute Gasteiger partial charge is 0.165 e. The zero-order chi connectivity index (χ0) is 13.1. The Morgan fingerprint density at radius 2 is 1.94 bits per heavy atom. The van der Waals surface area contributed by atoms with Gasteiger partial charge in [-0.05, 0) is 30.7 Å². The van der Waals surface area contributed by atoms with Crippen molar-refractivity contribution in [2.75, 3.05) is 5.73 Å². The van der Waals surface area contributed by atoms with Crippen molar-refractivity contribution in [2.45, 2.75) is 13.5 Å². The second kappa shape index (κ2) is 5.04. The SMILES string of the molecule is Cc1ccc(OCc2cccc(F)c2F)c(N)c1. The molecule has 0 aliphatic heterocycles. The standard InChI is InChI=1S/C14H13F2NO/c1-9-5-6-13(12(17)7-9)18-8-10-3-2-4-11(15)14(10)16/h2-7H,8,17H2,1H3. The third-order valence-electron chi connectivity index (χ3n) is 2.58. The summed E-state index contributed by atoms with van der Waals surface area (Å²) in [6.07, 6.45) is 0. The Morgan fingerprint density at radius 3 is 2.67 bits per heavy atom. The first-order valence-electron chi connectivity index (χ1n) is 5.50. The number of anilines is 1. The van der Waals surface area contributed by atoms with Crippen molar-refractivity contribution in [3.8, 4) is 5.75 Å². The van der Waals surface area contributed by atoms with E-state index in [9.17, 15) is 8.78 Å². The molecule has 2 nitrogen and oxygen atoms in total. The molecule has 0 aliphatic rings. The summed E-state index contributed by atoms with van der Waals surface area (Å²) >= 11 is 0. The summed E-state index contributed by atoms with van der Waals surface area (Å²) in [5, 5.41) is 0. The van der Waals surface area contributed by atoms with E-state index in [1.807, 2.05) is 13.0 Å². The molecule has 0 saturated carbocycles. The highest BCUT2D eigenvalue weighted by Crippen LogP contribution is 2.23. The largest absolute Gasteiger partial charge is 0.487 e. The van der Waals surface area contributed by atoms with Gasteiger partial charge in [0.2, 0.25) is 0 Å². The third-order valence-corrected chi connectivity index (χ3v) is 2.58. The number of ether oxygens (including phenoxy) is 1. The summed E-state index contributed by atoms with van der Waals surface area (Å²) in [6.45, 7) is 1.85. The Bertz CT molecular complexity index is 570. The van der Waals surface area contributed by atoms with Gasteiger partial charge in [-0.3, -0.25) is 0 Å². The molecule has 0 aromatic heterocycles. The van der Waals surface area contributed by atoms with Crippen LogP contribution >= 0.6 is 0 Å². The predicted molar refractivity (Wildman–Crippen MR) is 66.3 cm³/mol. The molecule has 0 aliphatic carbocycles. The van der Waals surface area contributed by atoms with E-state index in [0.29, 0.717) is 11.4 Å². The van der Waals surface area contributed by atoms with Crippen molar-refractivity contribution in [1.82, 2.24) is 0 Å². The summed E-state index contributed by atoms with van der Waals surface area (Å²) in [6, 6.07) is 9.30. The van der Waals surface area contributed by atoms with Gasteiger partial charge in [0.05, 0.1) is 5.69 Å². The van der Waals surface area contributed by atoms with E-state index in [1.54, 1.807) is 12.1 Å². The molecule has 0 atom stereocenters. The minimum atomic E-state index is -0.886. The van der Waals surface area contributed by atoms with Gasteiger partial charge in [0.15, 0.2) is 11.6 Å². The van der Waals surface area contributed by atoms with Gasteiger partial charge in [-0.15, -0.1) is 0 Å². The molecule has 0 bridgehead atoms. The van der Waals surface area contributed by atoms with E-state index >= 15 is 0 Å². The van der Waals surface area contributed by atoms with Crippen LogP contribution in [0.1, 0.15) is 11.1 Å². The van der Waals surface area contributed by atoms with Crippen LogP contribution in [-0.2, 0) is 6.61 Å². The van der Waals surface area contributed by atoms with Gasteiger partial charge in [0, 0.05) is 5.56 Å². The molecule has 18 heavy (non-hydrogen) atoms. The summed E-state index contributed by atoms with van der Waals surface area (Å²) < 4.78 is 31.7. The Hall–Kier alpha value is -2.10. The second-order valence-corrected chi connectivity index (χ2v) is 4.04. The molecule has 2 aromatic carbocycles. The summed E-state index contributed by atoms with van der Waals surface area (Å²) in [4.78, 5) is 0. The maximum atomic E-state index is 13.4. The molecule has 2 rings (SSSR count). The first-order chi connectivity index (χ1) is 8.58. The van der Waals surface area contributed by atoms with Crippen LogP contribution in [0.15, 0.2) is 36.4 Å². The molecule has 0 heterocycles. The molecule has 94 valence electrons. The number of aryl methyl sites for hydroxylation is 1. The zero-order valence-corrected chi connectivity index (χ0v) is 9.91. The minimum absolute atomic E-state index is 0.0587. The fourth-order valence-corrected chi connectivity index (χ4v) is 1.61. The molecule has 4 heteroatoms. The minimum Gasteiger partial charge on any atom is -0.487 e. The highest BCUT2D eigenvalue weighted by atomic mass is 19.2. The monoisotopic (exact) mass is 249 g/mol. The maximum Gasteiger partial charge on any atom is 0.165 e. The van der Waals surface area contributed by atoms with Crippen LogP contribution in [0.3, 0.4) is 0 Å². The van der Waals surface area contributed by atoms with Crippen molar-refractivity contribution in [3.63, 3.8) is 0 Å². The van der Waals surface area contributed by atoms with Crippen LogP contribution in [0.25, 0.3) is 0 Å². The molecule has 0 amide bonds. The third kappa shape index (κ3) is 2.59. The maximum absolute atomic E-state index is 13.4. The topological polar surface area (TPSA) is 35.2 Å². The van der Waals surface area contributed by atoms with Crippen LogP contribution in [0, 0.1) is 18.6 Å². The van der Waals surface area contributed by atoms with Crippen LogP contribution in [-0.4, -0.2) is 0 Å². The lowest BCUT2D eigenvalue weighted by Gasteiger charge is -2.10. The van der Waals surface area contributed by atoms with Crippen molar-refractivity contribution < 1.29 is 13.5 Å². The number of benzene rings is 2. The quantitative estimate of drug-likeness (QED) is 0.846. The van der Waals surface area contributed by atoms with Crippen molar-refractivity contribution in [1.29, 1.82) is 0 Å². The lowest BCUT2D eigenvalue weighted by atomic mass is 10.2. The molecule has 0 radical (unpaired) electrons. The van der Waals surface area contributed by atoms with Crippen molar-refractivity contribution in [2.24, 2.45) is 0 Å². The summed E-state index contributed by atoms with van der Waals surface area (Å²) in [7, 11) is 0. The van der Waals surface area contributed by atoms with E-state index < -0.39 is 11.6 Å². The Balaban J connectivity index is 2.14. The van der Waals surface area contributed by atoms with Gasteiger partial charge >= 0.3 is 0 Å². The van der Waals surface area contributed by atoms with Gasteiger partial charge in [-0.1, -0.05) is 18.2 Å². The molecular formula is C14H13F2NO. The molecule has 0 spiro atoms. The average molecular weight is 249 g/mol. The Kier molecular flexibility index (Phi) is 3.46. The molecule has 2 N–H and O–H groups in total. The van der Waals surface area contributed by atoms with Gasteiger partial charge in [0.1, 0.15) is 12.4 Å². The fourth-order valence-electron chi connectivity index (χ4n) is 1.61. The van der Waals surface area contributed by atoms with Crippen molar-refractivity contribution >= 4 is 5.69 Å². The first-order valence-corrected chi connectivity index (χ1v) is 5.50. The lowest BCUT2D eigenvalue weighted by molar-refractivity contribution is 0.298. The van der Waals surface area contributed by atoms with E-state index in [-0.39, 0.29) is 12.2 Å². The van der Waals surface area contributed by atoms with E-state index in [4.69, 9.17) is 10.5 Å². The highest BCUT2D eigenvalue weighted by molar-refractivity contribution is 5.54. The van der Waals surface area contributed by atoms with Crippen LogP contribution in [0.2, 0.25) is 0 Å². The Morgan fingerprint density at radius 1 is 1.17 bits per heavy atom. The number of nitrogens with two attached hydrogens (primary N) is 1. The molecule has 0 fully saturated rings. The van der Waals surface area contributed by atoms with Gasteiger partial charge in [0.25, 0.3) is 0 Å². The number of nitrogen functional groups attached to an aromatic ring is 1. The van der Waals surface area contributed by atoms with E-state index in [1.165, 1.54) is 12.1 Å². The number of hydrogen-bond acceptors (Lipinski definition) is 2. The Labute approximate surface area is 104 Å². The highest BCUT2D eigenvalue weighted by Gasteiger charge is 2.08. The first kappa shape index (κ1) is 12.4. The van der Waals surface area contributed by atoms with Crippen molar-refractivity contribution in [3.05, 3.63) is 59.2 Å². The van der Waals surface area contributed by atoms with Crippen LogP contribution in [0.5, 0.6) is 5.75 Å². The van der Waals surface area contributed by atoms with E-state index in [0.717, 1.165) is 11.6 Å². The predicted octanol–water partition coefficient (Wildman–Crippen LogP) is 3.43. The van der Waals surface area contributed by atoms with Crippen LogP contribution < -0.4 is 10.5 Å². The summed E-state index contributed by atoms with van der Waals surface area (Å²) in [5.41, 5.74) is 7.41.